The van der Waals surface area contributed by atoms with Gasteiger partial charge < -0.3 is 15.5 Å². The van der Waals surface area contributed by atoms with Crippen molar-refractivity contribution in [2.45, 2.75) is 24.7 Å². The number of aromatic amines is 1. The van der Waals surface area contributed by atoms with Crippen molar-refractivity contribution >= 4 is 5.69 Å². The van der Waals surface area contributed by atoms with Gasteiger partial charge >= 0.3 is 12.4 Å². The first kappa shape index (κ1) is 21.5. The molecule has 0 fully saturated rings. The van der Waals surface area contributed by atoms with E-state index in [0.29, 0.717) is 0 Å². The molecule has 0 aliphatic carbocycles. The zero-order valence-corrected chi connectivity index (χ0v) is 15.8. The smallest absolute Gasteiger partial charge is 0.416 e. The van der Waals surface area contributed by atoms with Crippen molar-refractivity contribution < 1.29 is 31.1 Å². The fourth-order valence-electron chi connectivity index (χ4n) is 3.41. The fourth-order valence-corrected chi connectivity index (χ4v) is 3.41. The van der Waals surface area contributed by atoms with Gasteiger partial charge in [0.2, 0.25) is 0 Å². The first-order valence-corrected chi connectivity index (χ1v) is 8.60. The summed E-state index contributed by atoms with van der Waals surface area (Å²) in [5.41, 5.74) is 2.64. The lowest BCUT2D eigenvalue weighted by Crippen LogP contribution is -2.29. The van der Waals surface area contributed by atoms with E-state index >= 15 is 0 Å². The number of H-pyrrole nitrogens is 1. The van der Waals surface area contributed by atoms with Crippen LogP contribution in [0.15, 0.2) is 48.9 Å². The van der Waals surface area contributed by atoms with Crippen LogP contribution in [-0.2, 0) is 17.8 Å². The van der Waals surface area contributed by atoms with E-state index in [1.165, 1.54) is 26.6 Å². The van der Waals surface area contributed by atoms with Crippen LogP contribution >= 0.6 is 0 Å². The van der Waals surface area contributed by atoms with Crippen molar-refractivity contribution in [3.8, 4) is 5.75 Å². The fraction of sp³-hybridized carbons (Fsp3) is 0.250. The molecule has 0 aliphatic rings. The molecule has 2 aromatic carbocycles. The van der Waals surface area contributed by atoms with Gasteiger partial charge in [0.15, 0.2) is 0 Å². The first-order valence-electron chi connectivity index (χ1n) is 8.60. The quantitative estimate of drug-likeness (QED) is 0.432. The van der Waals surface area contributed by atoms with Gasteiger partial charge in [-0.25, -0.2) is 4.98 Å². The predicted octanol–water partition coefficient (Wildman–Crippen LogP) is 5.39. The molecule has 1 heterocycles. The normalized spacial score (nSPS) is 14.4. The summed E-state index contributed by atoms with van der Waals surface area (Å²) in [6.45, 7) is 1.46. The Morgan fingerprint density at radius 3 is 1.97 bits per heavy atom. The Morgan fingerprint density at radius 1 is 0.900 bits per heavy atom. The second-order valence-corrected chi connectivity index (χ2v) is 6.80. The van der Waals surface area contributed by atoms with Crippen LogP contribution in [0.5, 0.6) is 5.75 Å². The molecule has 0 amide bonds. The minimum atomic E-state index is -4.67. The Hall–Kier alpha value is -3.17. The molecule has 30 heavy (non-hydrogen) atoms. The number of methoxy groups -OCH3 is 1. The van der Waals surface area contributed by atoms with Gasteiger partial charge in [-0.2, -0.15) is 26.3 Å². The second-order valence-electron chi connectivity index (χ2n) is 6.80. The van der Waals surface area contributed by atoms with Gasteiger partial charge in [-0.15, -0.1) is 0 Å². The topological polar surface area (TPSA) is 63.9 Å². The Balaban J connectivity index is 2.39. The number of benzene rings is 2. The van der Waals surface area contributed by atoms with Crippen LogP contribution in [0, 0.1) is 0 Å². The molecule has 0 saturated carbocycles. The van der Waals surface area contributed by atoms with E-state index in [1.807, 2.05) is 0 Å². The molecule has 1 unspecified atom stereocenters. The number of ether oxygens (including phenoxy) is 1. The molecule has 1 atom stereocenters. The van der Waals surface area contributed by atoms with Gasteiger partial charge in [0.05, 0.1) is 30.0 Å². The third kappa shape index (κ3) is 3.69. The number of nitrogens with zero attached hydrogens (tertiary/aromatic N) is 1. The standard InChI is InChI=1S/C20H17F6N3O/c1-18(17-9-28-10-29-17,13-7-11(19(21,22)23)3-5-15(13)27)14-8-12(20(24,25)26)4-6-16(14)30-2/h3-10H,27H2,1-2H3,(H,28,29). The molecule has 1 aromatic heterocycles. The number of alkyl halides is 6. The largest absolute Gasteiger partial charge is 0.496 e. The van der Waals surface area contributed by atoms with Crippen molar-refractivity contribution in [2.75, 3.05) is 12.8 Å². The minimum Gasteiger partial charge on any atom is -0.496 e. The van der Waals surface area contributed by atoms with Crippen molar-refractivity contribution in [3.63, 3.8) is 0 Å². The van der Waals surface area contributed by atoms with Crippen molar-refractivity contribution in [1.29, 1.82) is 0 Å². The van der Waals surface area contributed by atoms with Gasteiger partial charge in [-0.1, -0.05) is 0 Å². The molecule has 4 nitrogen and oxygen atoms in total. The molecule has 3 N–H and O–H groups in total. The highest BCUT2D eigenvalue weighted by atomic mass is 19.4. The van der Waals surface area contributed by atoms with Crippen LogP contribution in [0.2, 0.25) is 0 Å². The van der Waals surface area contributed by atoms with E-state index in [9.17, 15) is 26.3 Å². The number of nitrogen functional groups attached to an aromatic ring is 1. The van der Waals surface area contributed by atoms with E-state index in [4.69, 9.17) is 10.5 Å². The third-order valence-corrected chi connectivity index (χ3v) is 5.02. The number of halogens is 6. The maximum Gasteiger partial charge on any atom is 0.416 e. The van der Waals surface area contributed by atoms with Crippen LogP contribution in [0.1, 0.15) is 34.9 Å². The highest BCUT2D eigenvalue weighted by Crippen LogP contribution is 2.47. The number of hydrogen-bond donors (Lipinski definition) is 2. The van der Waals surface area contributed by atoms with Crippen LogP contribution in [0.25, 0.3) is 0 Å². The zero-order valence-electron chi connectivity index (χ0n) is 15.8. The number of rotatable bonds is 4. The molecule has 0 radical (unpaired) electrons. The molecule has 0 aliphatic heterocycles. The predicted molar refractivity (Wildman–Crippen MR) is 98.0 cm³/mol. The monoisotopic (exact) mass is 429 g/mol. The first-order chi connectivity index (χ1) is 13.9. The molecule has 10 heteroatoms. The lowest BCUT2D eigenvalue weighted by molar-refractivity contribution is -0.138. The third-order valence-electron chi connectivity index (χ3n) is 5.02. The Labute approximate surface area is 167 Å². The zero-order chi connectivity index (χ0) is 22.3. The minimum absolute atomic E-state index is 0.0184. The summed E-state index contributed by atoms with van der Waals surface area (Å²) in [4.78, 5) is 6.67. The van der Waals surface area contributed by atoms with E-state index in [-0.39, 0.29) is 28.3 Å². The molecule has 0 saturated heterocycles. The molecule has 3 aromatic rings. The average Bonchev–Trinajstić information content (AvgIpc) is 3.21. The summed E-state index contributed by atoms with van der Waals surface area (Å²) in [6, 6.07) is 5.53. The number of nitrogens with one attached hydrogen (secondary N) is 1. The number of anilines is 1. The molecule has 0 spiro atoms. The SMILES string of the molecule is COc1ccc(C(F)(F)F)cc1C(C)(c1cnc[nH]1)c1cc(C(F)(F)F)ccc1N. The van der Waals surface area contributed by atoms with E-state index in [0.717, 1.165) is 36.4 Å². The Morgan fingerprint density at radius 2 is 1.47 bits per heavy atom. The summed E-state index contributed by atoms with van der Waals surface area (Å²) >= 11 is 0. The highest BCUT2D eigenvalue weighted by molar-refractivity contribution is 5.63. The summed E-state index contributed by atoms with van der Waals surface area (Å²) in [5.74, 6) is 0.0527. The number of aromatic nitrogens is 2. The Kier molecular flexibility index (Phi) is 5.21. The molecular weight excluding hydrogens is 412 g/mol. The lowest BCUT2D eigenvalue weighted by atomic mass is 9.72. The van der Waals surface area contributed by atoms with Crippen LogP contribution in [0.3, 0.4) is 0 Å². The van der Waals surface area contributed by atoms with Crippen LogP contribution in [-0.4, -0.2) is 17.1 Å². The summed E-state index contributed by atoms with van der Waals surface area (Å²) in [6.07, 6.45) is -6.75. The van der Waals surface area contributed by atoms with Gasteiger partial charge in [0.25, 0.3) is 0 Å². The summed E-state index contributed by atoms with van der Waals surface area (Å²) < 4.78 is 85.5. The number of hydrogen-bond acceptors (Lipinski definition) is 3. The summed E-state index contributed by atoms with van der Waals surface area (Å²) in [7, 11) is 1.26. The van der Waals surface area contributed by atoms with Gasteiger partial charge in [0, 0.05) is 23.1 Å². The number of nitrogens with two attached hydrogens (primary N) is 1. The van der Waals surface area contributed by atoms with Gasteiger partial charge in [0.1, 0.15) is 5.75 Å². The van der Waals surface area contributed by atoms with Crippen molar-refractivity contribution in [1.82, 2.24) is 9.97 Å². The Bertz CT molecular complexity index is 1040. The molecule has 0 bridgehead atoms. The maximum absolute atomic E-state index is 13.4. The van der Waals surface area contributed by atoms with E-state index < -0.39 is 28.9 Å². The number of imidazole rings is 1. The maximum atomic E-state index is 13.4. The van der Waals surface area contributed by atoms with Crippen LogP contribution < -0.4 is 10.5 Å². The van der Waals surface area contributed by atoms with Crippen LogP contribution in [0.4, 0.5) is 32.0 Å². The second kappa shape index (κ2) is 7.26. The van der Waals surface area contributed by atoms with Gasteiger partial charge in [-0.3, -0.25) is 0 Å². The average molecular weight is 429 g/mol. The van der Waals surface area contributed by atoms with Crippen molar-refractivity contribution in [2.24, 2.45) is 0 Å². The molecule has 3 rings (SSSR count). The lowest BCUT2D eigenvalue weighted by Gasteiger charge is -2.33. The molecule has 160 valence electrons. The van der Waals surface area contributed by atoms with Crippen molar-refractivity contribution in [3.05, 3.63) is 76.9 Å². The van der Waals surface area contributed by atoms with Gasteiger partial charge in [-0.05, 0) is 48.9 Å². The van der Waals surface area contributed by atoms with E-state index in [1.54, 1.807) is 0 Å². The summed E-state index contributed by atoms with van der Waals surface area (Å²) in [5, 5.41) is 0. The molecular formula is C20H17F6N3O. The highest BCUT2D eigenvalue weighted by Gasteiger charge is 2.41. The van der Waals surface area contributed by atoms with E-state index in [2.05, 4.69) is 9.97 Å².